The van der Waals surface area contributed by atoms with Crippen LogP contribution in [0.2, 0.25) is 0 Å². The Hall–Kier alpha value is -2.03. The van der Waals surface area contributed by atoms with Gasteiger partial charge in [-0.3, -0.25) is 20.4 Å². The van der Waals surface area contributed by atoms with Gasteiger partial charge in [0.25, 0.3) is 17.7 Å². The number of hydrogen-bond donors (Lipinski definition) is 2. The quantitative estimate of drug-likeness (QED) is 0.489. The van der Waals surface area contributed by atoms with Gasteiger partial charge in [-0.2, -0.15) is 0 Å². The minimum atomic E-state index is -2.84. The van der Waals surface area contributed by atoms with Crippen LogP contribution in [-0.2, 0) is 4.79 Å². The van der Waals surface area contributed by atoms with Crippen LogP contribution >= 0.6 is 11.6 Å². The van der Waals surface area contributed by atoms with Crippen LogP contribution in [0, 0.1) is 11.6 Å². The van der Waals surface area contributed by atoms with Gasteiger partial charge in [0.1, 0.15) is 23.2 Å². The number of hydrogen-bond acceptors (Lipinski definition) is 3. The lowest BCUT2D eigenvalue weighted by atomic mass is 10.0. The first-order valence-electron chi connectivity index (χ1n) is 7.00. The number of anilines is 1. The third-order valence-corrected chi connectivity index (χ3v) is 3.77. The number of carbonyl (C=O) groups excluding carboxylic acids is 2. The average molecular weight is 368 g/mol. The van der Waals surface area contributed by atoms with Crippen LogP contribution in [0.3, 0.4) is 0 Å². The van der Waals surface area contributed by atoms with E-state index in [1.54, 1.807) is 0 Å². The number of piperidine rings is 1. The van der Waals surface area contributed by atoms with Crippen molar-refractivity contribution < 1.29 is 27.2 Å². The van der Waals surface area contributed by atoms with Gasteiger partial charge in [-0.15, -0.1) is 11.6 Å². The second-order valence-electron chi connectivity index (χ2n) is 5.27. The van der Waals surface area contributed by atoms with E-state index in [1.807, 2.05) is 10.9 Å². The van der Waals surface area contributed by atoms with Crippen molar-refractivity contribution in [3.63, 3.8) is 0 Å². The van der Waals surface area contributed by atoms with Gasteiger partial charge in [0, 0.05) is 31.5 Å². The maximum absolute atomic E-state index is 14.2. The summed E-state index contributed by atoms with van der Waals surface area (Å²) in [5.74, 6) is -6.98. The summed E-state index contributed by atoms with van der Waals surface area (Å²) in [7, 11) is 0. The fourth-order valence-electron chi connectivity index (χ4n) is 2.29. The fraction of sp³-hybridized carbons (Fsp3) is 0.429. The Bertz CT molecular complexity index is 624. The number of alkyl halides is 3. The highest BCUT2D eigenvalue weighted by Gasteiger charge is 2.35. The summed E-state index contributed by atoms with van der Waals surface area (Å²) >= 11 is 5.22. The van der Waals surface area contributed by atoms with E-state index < -0.39 is 53.8 Å². The molecule has 1 saturated heterocycles. The van der Waals surface area contributed by atoms with Crippen LogP contribution in [0.1, 0.15) is 23.2 Å². The lowest BCUT2D eigenvalue weighted by Gasteiger charge is -2.33. The molecule has 0 aromatic heterocycles. The van der Waals surface area contributed by atoms with E-state index >= 15 is 0 Å². The molecule has 2 amide bonds. The van der Waals surface area contributed by atoms with E-state index in [1.165, 1.54) is 4.90 Å². The summed E-state index contributed by atoms with van der Waals surface area (Å²) in [5.41, 5.74) is 3.07. The summed E-state index contributed by atoms with van der Waals surface area (Å²) < 4.78 is 54.6. The smallest absolute Gasteiger partial charge is 0.269 e. The number of carbonyl (C=O) groups is 2. The third-order valence-electron chi connectivity index (χ3n) is 3.53. The van der Waals surface area contributed by atoms with Gasteiger partial charge in [0.05, 0.1) is 0 Å². The Morgan fingerprint density at radius 2 is 1.67 bits per heavy atom. The first-order valence-corrected chi connectivity index (χ1v) is 7.54. The van der Waals surface area contributed by atoms with Crippen LogP contribution in [0.15, 0.2) is 12.1 Å². The Labute approximate surface area is 139 Å². The largest absolute Gasteiger partial charge is 0.366 e. The molecule has 1 fully saturated rings. The summed E-state index contributed by atoms with van der Waals surface area (Å²) in [5, 5.41) is 0. The summed E-state index contributed by atoms with van der Waals surface area (Å²) in [6, 6.07) is 1.54. The molecule has 0 aliphatic carbocycles. The predicted octanol–water partition coefficient (Wildman–Crippen LogP) is 2.20. The second kappa shape index (κ2) is 7.25. The molecule has 0 radical (unpaired) electrons. The molecule has 2 rings (SSSR count). The molecular weight excluding hydrogens is 354 g/mol. The van der Waals surface area contributed by atoms with Gasteiger partial charge in [0.15, 0.2) is 0 Å². The number of benzene rings is 1. The van der Waals surface area contributed by atoms with Gasteiger partial charge in [-0.25, -0.2) is 17.6 Å². The lowest BCUT2D eigenvalue weighted by molar-refractivity contribution is -0.119. The van der Waals surface area contributed by atoms with Gasteiger partial charge in [-0.05, 0) is 12.1 Å². The Morgan fingerprint density at radius 3 is 2.17 bits per heavy atom. The van der Waals surface area contributed by atoms with Crippen molar-refractivity contribution in [1.29, 1.82) is 0 Å². The van der Waals surface area contributed by atoms with Crippen molar-refractivity contribution in [3.05, 3.63) is 29.3 Å². The Kier molecular flexibility index (Phi) is 5.53. The molecule has 1 aromatic carbocycles. The monoisotopic (exact) mass is 367 g/mol. The zero-order valence-electron chi connectivity index (χ0n) is 12.3. The SMILES string of the molecule is O=C(CCl)NNC(=O)c1cc(F)c(N2CCC(F)(F)CC2)c(F)c1. The number of nitrogens with zero attached hydrogens (tertiary/aromatic N) is 1. The molecular formula is C14H14ClF4N3O2. The molecule has 10 heteroatoms. The molecule has 1 heterocycles. The van der Waals surface area contributed by atoms with Gasteiger partial charge >= 0.3 is 0 Å². The van der Waals surface area contributed by atoms with E-state index in [4.69, 9.17) is 11.6 Å². The highest BCUT2D eigenvalue weighted by molar-refractivity contribution is 6.27. The normalized spacial score (nSPS) is 16.6. The van der Waals surface area contributed by atoms with Crippen molar-refractivity contribution in [2.75, 3.05) is 23.9 Å². The van der Waals surface area contributed by atoms with E-state index in [0.717, 1.165) is 12.1 Å². The molecule has 1 aliphatic heterocycles. The highest BCUT2D eigenvalue weighted by Crippen LogP contribution is 2.33. The van der Waals surface area contributed by atoms with E-state index in [-0.39, 0.29) is 18.7 Å². The number of rotatable bonds is 3. The predicted molar refractivity (Wildman–Crippen MR) is 79.1 cm³/mol. The first kappa shape index (κ1) is 18.3. The minimum absolute atomic E-state index is 0.196. The molecule has 24 heavy (non-hydrogen) atoms. The lowest BCUT2D eigenvalue weighted by Crippen LogP contribution is -2.42. The summed E-state index contributed by atoms with van der Waals surface area (Å²) in [6.07, 6.45) is -1.00. The van der Waals surface area contributed by atoms with Crippen LogP contribution in [0.25, 0.3) is 0 Å². The van der Waals surface area contributed by atoms with Crippen molar-refractivity contribution in [2.45, 2.75) is 18.8 Å². The minimum Gasteiger partial charge on any atom is -0.366 e. The summed E-state index contributed by atoms with van der Waals surface area (Å²) in [4.78, 5) is 23.8. The molecule has 1 aromatic rings. The van der Waals surface area contributed by atoms with Crippen molar-refractivity contribution in [3.8, 4) is 0 Å². The number of amides is 2. The number of nitrogens with one attached hydrogen (secondary N) is 2. The van der Waals surface area contributed by atoms with Crippen molar-refractivity contribution >= 4 is 29.1 Å². The van der Waals surface area contributed by atoms with Crippen LogP contribution in [-0.4, -0.2) is 36.7 Å². The van der Waals surface area contributed by atoms with Crippen LogP contribution in [0.4, 0.5) is 23.2 Å². The maximum Gasteiger partial charge on any atom is 0.269 e. The molecule has 5 nitrogen and oxygen atoms in total. The highest BCUT2D eigenvalue weighted by atomic mass is 35.5. The average Bonchev–Trinajstić information content (AvgIpc) is 2.52. The number of halogens is 5. The zero-order chi connectivity index (χ0) is 17.9. The molecule has 1 aliphatic rings. The maximum atomic E-state index is 14.2. The molecule has 132 valence electrons. The molecule has 0 atom stereocenters. The zero-order valence-corrected chi connectivity index (χ0v) is 13.1. The first-order chi connectivity index (χ1) is 11.2. The molecule has 0 bridgehead atoms. The van der Waals surface area contributed by atoms with Crippen LogP contribution in [0.5, 0.6) is 0 Å². The molecule has 0 saturated carbocycles. The standard InChI is InChI=1S/C14H14ClF4N3O2/c15-7-11(23)20-21-13(24)8-5-9(16)12(10(17)6-8)22-3-1-14(18,19)2-4-22/h5-6H,1-4,7H2,(H,20,23)(H,21,24). The van der Waals surface area contributed by atoms with Gasteiger partial charge in [0.2, 0.25) is 0 Å². The topological polar surface area (TPSA) is 61.4 Å². The Morgan fingerprint density at radius 1 is 1.12 bits per heavy atom. The van der Waals surface area contributed by atoms with Gasteiger partial charge in [-0.1, -0.05) is 0 Å². The van der Waals surface area contributed by atoms with Crippen molar-refractivity contribution in [2.24, 2.45) is 0 Å². The molecule has 0 spiro atoms. The third kappa shape index (κ3) is 4.28. The second-order valence-corrected chi connectivity index (χ2v) is 5.53. The fourth-order valence-corrected chi connectivity index (χ4v) is 2.36. The van der Waals surface area contributed by atoms with Gasteiger partial charge < -0.3 is 4.90 Å². The van der Waals surface area contributed by atoms with Crippen molar-refractivity contribution in [1.82, 2.24) is 10.9 Å². The Balaban J connectivity index is 2.14. The molecule has 2 N–H and O–H groups in total. The van der Waals surface area contributed by atoms with E-state index in [2.05, 4.69) is 0 Å². The van der Waals surface area contributed by atoms with E-state index in [0.29, 0.717) is 0 Å². The summed E-state index contributed by atoms with van der Waals surface area (Å²) in [6.45, 7) is -0.393. The van der Waals surface area contributed by atoms with E-state index in [9.17, 15) is 27.2 Å². The van der Waals surface area contributed by atoms with Crippen LogP contribution < -0.4 is 15.8 Å². The number of hydrazine groups is 1. The molecule has 0 unspecified atom stereocenters.